The van der Waals surface area contributed by atoms with E-state index in [0.29, 0.717) is 31.3 Å². The maximum absolute atomic E-state index is 12.0. The van der Waals surface area contributed by atoms with Crippen LogP contribution in [0.4, 0.5) is 0 Å². The Hall–Kier alpha value is -2.42. The van der Waals surface area contributed by atoms with E-state index in [1.54, 1.807) is 20.1 Å². The molecule has 8 heteroatoms. The number of nitrogens with one attached hydrogen (secondary N) is 1. The quantitative estimate of drug-likeness (QED) is 0.460. The molecule has 0 aliphatic carbocycles. The number of hydrogen-bond acceptors (Lipinski definition) is 6. The van der Waals surface area contributed by atoms with Crippen molar-refractivity contribution in [3.05, 3.63) is 57.6 Å². The van der Waals surface area contributed by atoms with Gasteiger partial charge in [0.25, 0.3) is 0 Å². The van der Waals surface area contributed by atoms with Gasteiger partial charge < -0.3 is 18.9 Å². The number of hydrogen-bond donors (Lipinski definition) is 1. The standard InChI is InChI=1S/C22H25BrN2O5/c1-15-4-6-16(7-5-15)14-28-21-18(23)10-17(11-19(21)27-3)13-24-25-20(26)12-22(2)29-8-9-30-22/h4-7,10-11,13H,8-9,12,14H2,1-3H3,(H,25,26)/b24-13-. The first kappa shape index (κ1) is 22.3. The fraction of sp³-hybridized carbons (Fsp3) is 0.364. The number of carbonyl (C=O) groups is 1. The molecule has 0 aromatic heterocycles. The van der Waals surface area contributed by atoms with Crippen molar-refractivity contribution in [2.24, 2.45) is 5.10 Å². The minimum absolute atomic E-state index is 0.0726. The van der Waals surface area contributed by atoms with Gasteiger partial charge in [-0.2, -0.15) is 5.10 Å². The summed E-state index contributed by atoms with van der Waals surface area (Å²) in [7, 11) is 1.57. The second-order valence-electron chi connectivity index (χ2n) is 7.11. The summed E-state index contributed by atoms with van der Waals surface area (Å²) in [4.78, 5) is 12.0. The smallest absolute Gasteiger partial charge is 0.245 e. The van der Waals surface area contributed by atoms with Crippen molar-refractivity contribution >= 4 is 28.1 Å². The number of nitrogens with zero attached hydrogens (tertiary/aromatic N) is 1. The molecular formula is C22H25BrN2O5. The Morgan fingerprint density at radius 1 is 1.27 bits per heavy atom. The molecule has 160 valence electrons. The molecule has 2 aromatic carbocycles. The van der Waals surface area contributed by atoms with Gasteiger partial charge in [-0.25, -0.2) is 5.43 Å². The zero-order chi connectivity index (χ0) is 21.6. The molecule has 1 N–H and O–H groups in total. The first-order valence-electron chi connectivity index (χ1n) is 9.54. The molecule has 0 bridgehead atoms. The molecule has 2 aromatic rings. The minimum Gasteiger partial charge on any atom is -0.493 e. The molecule has 1 fully saturated rings. The summed E-state index contributed by atoms with van der Waals surface area (Å²) in [5.74, 6) is -0.0190. The summed E-state index contributed by atoms with van der Waals surface area (Å²) in [6.45, 7) is 5.17. The number of methoxy groups -OCH3 is 1. The Bertz CT molecular complexity index is 908. The van der Waals surface area contributed by atoms with Crippen LogP contribution in [0.2, 0.25) is 0 Å². The van der Waals surface area contributed by atoms with Crippen LogP contribution < -0.4 is 14.9 Å². The van der Waals surface area contributed by atoms with E-state index in [9.17, 15) is 4.79 Å². The van der Waals surface area contributed by atoms with E-state index in [4.69, 9.17) is 18.9 Å². The predicted octanol–water partition coefficient (Wildman–Crippen LogP) is 3.95. The maximum atomic E-state index is 12.0. The van der Waals surface area contributed by atoms with Gasteiger partial charge >= 0.3 is 0 Å². The predicted molar refractivity (Wildman–Crippen MR) is 117 cm³/mol. The molecule has 1 amide bonds. The van der Waals surface area contributed by atoms with Gasteiger partial charge in [0.05, 0.1) is 37.4 Å². The van der Waals surface area contributed by atoms with Crippen LogP contribution in [0, 0.1) is 6.92 Å². The lowest BCUT2D eigenvalue weighted by atomic mass is 10.2. The largest absolute Gasteiger partial charge is 0.493 e. The average molecular weight is 477 g/mol. The third-order valence-electron chi connectivity index (χ3n) is 4.54. The highest BCUT2D eigenvalue weighted by Gasteiger charge is 2.33. The lowest BCUT2D eigenvalue weighted by molar-refractivity contribution is -0.159. The molecule has 7 nitrogen and oxygen atoms in total. The number of benzene rings is 2. The van der Waals surface area contributed by atoms with Crippen molar-refractivity contribution in [2.75, 3.05) is 20.3 Å². The molecule has 3 rings (SSSR count). The molecule has 1 heterocycles. The van der Waals surface area contributed by atoms with Crippen molar-refractivity contribution in [1.82, 2.24) is 5.43 Å². The first-order chi connectivity index (χ1) is 14.4. The number of hydrazone groups is 1. The topological polar surface area (TPSA) is 78.4 Å². The Balaban J connectivity index is 1.61. The fourth-order valence-corrected chi connectivity index (χ4v) is 3.54. The van der Waals surface area contributed by atoms with Gasteiger partial charge in [-0.15, -0.1) is 0 Å². The maximum Gasteiger partial charge on any atom is 0.245 e. The Morgan fingerprint density at radius 2 is 1.97 bits per heavy atom. The number of ether oxygens (including phenoxy) is 4. The molecule has 0 atom stereocenters. The lowest BCUT2D eigenvalue weighted by Gasteiger charge is -2.20. The summed E-state index contributed by atoms with van der Waals surface area (Å²) in [5.41, 5.74) is 5.49. The molecule has 0 radical (unpaired) electrons. The number of rotatable bonds is 8. The number of carbonyl (C=O) groups excluding carboxylic acids is 1. The second-order valence-corrected chi connectivity index (χ2v) is 7.96. The van der Waals surface area contributed by atoms with Crippen LogP contribution >= 0.6 is 15.9 Å². The van der Waals surface area contributed by atoms with E-state index < -0.39 is 5.79 Å². The number of amides is 1. The van der Waals surface area contributed by atoms with Crippen LogP contribution in [0.25, 0.3) is 0 Å². The number of aryl methyl sites for hydroxylation is 1. The first-order valence-corrected chi connectivity index (χ1v) is 10.3. The highest BCUT2D eigenvalue weighted by molar-refractivity contribution is 9.10. The highest BCUT2D eigenvalue weighted by Crippen LogP contribution is 2.36. The van der Waals surface area contributed by atoms with Gasteiger partial charge in [0.2, 0.25) is 5.91 Å². The normalized spacial score (nSPS) is 15.3. The van der Waals surface area contributed by atoms with E-state index in [1.165, 1.54) is 11.8 Å². The minimum atomic E-state index is -0.887. The molecule has 0 spiro atoms. The fourth-order valence-electron chi connectivity index (χ4n) is 2.96. The van der Waals surface area contributed by atoms with Crippen molar-refractivity contribution < 1.29 is 23.7 Å². The zero-order valence-electron chi connectivity index (χ0n) is 17.2. The van der Waals surface area contributed by atoms with Gasteiger partial charge in [-0.1, -0.05) is 29.8 Å². The Labute approximate surface area is 184 Å². The van der Waals surface area contributed by atoms with Crippen molar-refractivity contribution in [3.63, 3.8) is 0 Å². The van der Waals surface area contributed by atoms with Gasteiger partial charge in [-0.05, 0) is 53.0 Å². The van der Waals surface area contributed by atoms with Gasteiger partial charge in [-0.3, -0.25) is 4.79 Å². The van der Waals surface area contributed by atoms with E-state index in [-0.39, 0.29) is 12.3 Å². The van der Waals surface area contributed by atoms with Gasteiger partial charge in [0, 0.05) is 0 Å². The summed E-state index contributed by atoms with van der Waals surface area (Å²) < 4.78 is 23.0. The second kappa shape index (κ2) is 10.1. The number of halogens is 1. The zero-order valence-corrected chi connectivity index (χ0v) is 18.8. The summed E-state index contributed by atoms with van der Waals surface area (Å²) in [5, 5.41) is 4.01. The van der Waals surface area contributed by atoms with Crippen molar-refractivity contribution in [1.29, 1.82) is 0 Å². The molecule has 0 unspecified atom stereocenters. The van der Waals surface area contributed by atoms with E-state index >= 15 is 0 Å². The summed E-state index contributed by atoms with van der Waals surface area (Å²) >= 11 is 3.52. The van der Waals surface area contributed by atoms with Crippen LogP contribution in [-0.2, 0) is 20.9 Å². The van der Waals surface area contributed by atoms with E-state index in [1.807, 2.05) is 37.3 Å². The van der Waals surface area contributed by atoms with Crippen LogP contribution in [-0.4, -0.2) is 38.2 Å². The molecule has 1 aliphatic heterocycles. The van der Waals surface area contributed by atoms with E-state index in [0.717, 1.165) is 15.6 Å². The molecule has 1 saturated heterocycles. The monoisotopic (exact) mass is 476 g/mol. The summed E-state index contributed by atoms with van der Waals surface area (Å²) in [6.07, 6.45) is 1.61. The highest BCUT2D eigenvalue weighted by atomic mass is 79.9. The third kappa shape index (κ3) is 6.04. The van der Waals surface area contributed by atoms with Crippen LogP contribution in [0.15, 0.2) is 46.0 Å². The average Bonchev–Trinajstić information content (AvgIpc) is 3.13. The van der Waals surface area contributed by atoms with Crippen molar-refractivity contribution in [2.45, 2.75) is 32.7 Å². The van der Waals surface area contributed by atoms with Crippen LogP contribution in [0.3, 0.4) is 0 Å². The van der Waals surface area contributed by atoms with Crippen LogP contribution in [0.1, 0.15) is 30.0 Å². The SMILES string of the molecule is COc1cc(/C=N\NC(=O)CC2(C)OCCO2)cc(Br)c1OCc1ccc(C)cc1. The Morgan fingerprint density at radius 3 is 2.63 bits per heavy atom. The lowest BCUT2D eigenvalue weighted by Crippen LogP contribution is -2.33. The van der Waals surface area contributed by atoms with Gasteiger partial charge in [0.15, 0.2) is 17.3 Å². The van der Waals surface area contributed by atoms with Gasteiger partial charge in [0.1, 0.15) is 6.61 Å². The molecule has 0 saturated carbocycles. The molecule has 30 heavy (non-hydrogen) atoms. The molecule has 1 aliphatic rings. The molecular weight excluding hydrogens is 452 g/mol. The summed E-state index contributed by atoms with van der Waals surface area (Å²) in [6, 6.07) is 11.8. The van der Waals surface area contributed by atoms with Crippen molar-refractivity contribution in [3.8, 4) is 11.5 Å². The Kier molecular flexibility index (Phi) is 7.47. The van der Waals surface area contributed by atoms with E-state index in [2.05, 4.69) is 26.5 Å². The van der Waals surface area contributed by atoms with Crippen LogP contribution in [0.5, 0.6) is 11.5 Å². The third-order valence-corrected chi connectivity index (χ3v) is 5.13.